The monoisotopic (exact) mass is 618 g/mol. The molecule has 5 heterocycles. The Hall–Kier alpha value is -3.63. The molecule has 236 valence electrons. The Morgan fingerprint density at radius 2 is 1.89 bits per heavy atom. The first-order valence-corrected chi connectivity index (χ1v) is 16.1. The van der Waals surface area contributed by atoms with Gasteiger partial charge in [0, 0.05) is 43.4 Å². The second kappa shape index (κ2) is 10.7. The topological polar surface area (TPSA) is 71.0 Å². The Morgan fingerprint density at radius 3 is 2.69 bits per heavy atom. The Balaban J connectivity index is 1.27. The fraction of sp³-hybridized carbons (Fsp3) is 0.486. The van der Waals surface area contributed by atoms with Gasteiger partial charge < -0.3 is 19.5 Å². The highest BCUT2D eigenvalue weighted by molar-refractivity contribution is 6.03. The highest BCUT2D eigenvalue weighted by Crippen LogP contribution is 2.43. The summed E-state index contributed by atoms with van der Waals surface area (Å²) < 4.78 is 58.6. The quantitative estimate of drug-likeness (QED) is 0.258. The van der Waals surface area contributed by atoms with Crippen molar-refractivity contribution in [2.45, 2.75) is 69.2 Å². The maximum atomic E-state index is 16.9. The first kappa shape index (κ1) is 28.8. The molecule has 3 atom stereocenters. The van der Waals surface area contributed by atoms with Crippen LogP contribution < -0.4 is 9.64 Å². The van der Waals surface area contributed by atoms with Crippen LogP contribution in [0.3, 0.4) is 0 Å². The minimum Gasteiger partial charge on any atom is -0.508 e. The van der Waals surface area contributed by atoms with Crippen LogP contribution in [0.4, 0.5) is 19.0 Å². The van der Waals surface area contributed by atoms with Crippen LogP contribution in [-0.4, -0.2) is 76.7 Å². The normalized spacial score (nSPS) is 26.6. The minimum atomic E-state index is -0.899. The van der Waals surface area contributed by atoms with E-state index < -0.39 is 17.5 Å². The van der Waals surface area contributed by atoms with Gasteiger partial charge in [0.15, 0.2) is 5.82 Å². The number of aromatic nitrogens is 2. The molecule has 0 aliphatic carbocycles. The van der Waals surface area contributed by atoms with Crippen LogP contribution in [0.1, 0.15) is 51.0 Å². The summed E-state index contributed by atoms with van der Waals surface area (Å²) in [6.45, 7) is 5.42. The van der Waals surface area contributed by atoms with Crippen molar-refractivity contribution in [3.8, 4) is 22.9 Å². The molecule has 1 aromatic heterocycles. The number of nitrogens with zero attached hydrogens (tertiary/aromatic N) is 4. The second-order valence-electron chi connectivity index (χ2n) is 13.3. The number of benzene rings is 3. The van der Waals surface area contributed by atoms with Crippen molar-refractivity contribution >= 4 is 27.5 Å². The van der Waals surface area contributed by atoms with Crippen LogP contribution in [0.5, 0.6) is 11.8 Å². The van der Waals surface area contributed by atoms with Gasteiger partial charge >= 0.3 is 6.01 Å². The molecule has 4 fully saturated rings. The van der Waals surface area contributed by atoms with E-state index in [9.17, 15) is 13.9 Å². The molecule has 4 aliphatic heterocycles. The smallest absolute Gasteiger partial charge is 0.319 e. The highest BCUT2D eigenvalue weighted by Gasteiger charge is 2.49. The first-order valence-electron chi connectivity index (χ1n) is 16.1. The van der Waals surface area contributed by atoms with Crippen molar-refractivity contribution in [3.63, 3.8) is 0 Å². The molecular formula is C35H37F3N4O3. The molecule has 4 saturated heterocycles. The lowest BCUT2D eigenvalue weighted by Crippen LogP contribution is -2.56. The molecule has 4 aromatic rings. The third-order valence-electron chi connectivity index (χ3n) is 10.6. The van der Waals surface area contributed by atoms with E-state index in [1.54, 1.807) is 24.3 Å². The van der Waals surface area contributed by atoms with Crippen molar-refractivity contribution < 1.29 is 27.8 Å². The van der Waals surface area contributed by atoms with Gasteiger partial charge in [-0.3, -0.25) is 4.90 Å². The number of aryl methyl sites for hydroxylation is 1. The number of aromatic hydroxyl groups is 1. The van der Waals surface area contributed by atoms with Crippen LogP contribution >= 0.6 is 0 Å². The number of phenols is 1. The SMILES string of the molecule is CCc1c(F)ccc2cc(O)cc(-c3ccc4c(N5CCCC6(CCO6)C5)nc(OC[C@@]56CCCN5C[C@H](F)C6)nc4c3F)c12. The van der Waals surface area contributed by atoms with Crippen LogP contribution in [0.15, 0.2) is 36.4 Å². The summed E-state index contributed by atoms with van der Waals surface area (Å²) in [6, 6.07) is 9.54. The molecule has 10 heteroatoms. The average Bonchev–Trinajstić information content (AvgIpc) is 3.55. The first-order chi connectivity index (χ1) is 21.8. The number of ether oxygens (including phenoxy) is 2. The van der Waals surface area contributed by atoms with E-state index in [0.29, 0.717) is 59.0 Å². The minimum absolute atomic E-state index is 0.0414. The summed E-state index contributed by atoms with van der Waals surface area (Å²) >= 11 is 0. The van der Waals surface area contributed by atoms with Gasteiger partial charge in [-0.25, -0.2) is 13.2 Å². The van der Waals surface area contributed by atoms with Crippen molar-refractivity contribution in [2.75, 3.05) is 44.3 Å². The Morgan fingerprint density at radius 1 is 1.04 bits per heavy atom. The van der Waals surface area contributed by atoms with Crippen molar-refractivity contribution in [1.29, 1.82) is 0 Å². The fourth-order valence-corrected chi connectivity index (χ4v) is 8.34. The van der Waals surface area contributed by atoms with Crippen molar-refractivity contribution in [3.05, 3.63) is 53.6 Å². The van der Waals surface area contributed by atoms with E-state index in [0.717, 1.165) is 51.8 Å². The van der Waals surface area contributed by atoms with Crippen molar-refractivity contribution in [2.24, 2.45) is 0 Å². The predicted molar refractivity (Wildman–Crippen MR) is 167 cm³/mol. The molecular weight excluding hydrogens is 581 g/mol. The summed E-state index contributed by atoms with van der Waals surface area (Å²) in [5.74, 6) is -0.443. The van der Waals surface area contributed by atoms with Gasteiger partial charge in [0.05, 0.1) is 17.7 Å². The number of piperidine rings is 1. The third-order valence-corrected chi connectivity index (χ3v) is 10.6. The van der Waals surface area contributed by atoms with E-state index in [-0.39, 0.29) is 40.9 Å². The number of phenolic OH excluding ortho intramolecular Hbond substituents is 1. The van der Waals surface area contributed by atoms with Crippen LogP contribution in [0.2, 0.25) is 0 Å². The predicted octanol–water partition coefficient (Wildman–Crippen LogP) is 6.71. The molecule has 0 saturated carbocycles. The lowest BCUT2D eigenvalue weighted by atomic mass is 9.85. The molecule has 7 nitrogen and oxygen atoms in total. The zero-order chi connectivity index (χ0) is 30.9. The molecule has 0 amide bonds. The molecule has 45 heavy (non-hydrogen) atoms. The summed E-state index contributed by atoms with van der Waals surface area (Å²) in [4.78, 5) is 13.8. The second-order valence-corrected chi connectivity index (χ2v) is 13.3. The molecule has 1 N–H and O–H groups in total. The van der Waals surface area contributed by atoms with Gasteiger partial charge in [-0.1, -0.05) is 19.1 Å². The van der Waals surface area contributed by atoms with Crippen LogP contribution in [0.25, 0.3) is 32.8 Å². The summed E-state index contributed by atoms with van der Waals surface area (Å²) in [6.07, 6.45) is 4.57. The van der Waals surface area contributed by atoms with E-state index >= 15 is 4.39 Å². The molecule has 0 bridgehead atoms. The van der Waals surface area contributed by atoms with E-state index in [4.69, 9.17) is 14.5 Å². The number of alkyl halides is 1. The standard InChI is InChI=1S/C35H37F3N4O3/c1-2-24-28(37)8-5-21-15-23(43)16-27(29(21)24)25-6-7-26-31(30(25)38)39-33(44-20-34-9-3-13-42(34)18-22(36)17-34)40-32(26)41-12-4-10-35(19-41)11-14-45-35/h5-8,15-16,22,43H,2-4,9-14,17-20H2,1H3/t22-,34+,35?/m1/s1. The van der Waals surface area contributed by atoms with E-state index in [1.807, 2.05) is 6.92 Å². The largest absolute Gasteiger partial charge is 0.508 e. The maximum Gasteiger partial charge on any atom is 0.319 e. The highest BCUT2D eigenvalue weighted by atomic mass is 19.1. The van der Waals surface area contributed by atoms with E-state index in [1.165, 1.54) is 12.1 Å². The number of halogens is 3. The Labute approximate surface area is 260 Å². The fourth-order valence-electron chi connectivity index (χ4n) is 8.34. The van der Waals surface area contributed by atoms with Crippen LogP contribution in [-0.2, 0) is 11.2 Å². The molecule has 1 unspecified atom stereocenters. The molecule has 8 rings (SSSR count). The van der Waals surface area contributed by atoms with Gasteiger partial charge in [-0.15, -0.1) is 0 Å². The van der Waals surface area contributed by atoms with E-state index in [2.05, 4.69) is 14.8 Å². The zero-order valence-electron chi connectivity index (χ0n) is 25.4. The molecule has 0 radical (unpaired) electrons. The zero-order valence-corrected chi connectivity index (χ0v) is 25.4. The summed E-state index contributed by atoms with van der Waals surface area (Å²) in [5.41, 5.74) is 0.505. The molecule has 4 aliphatic rings. The lowest BCUT2D eigenvalue weighted by molar-refractivity contribution is -0.151. The Kier molecular flexibility index (Phi) is 6.87. The summed E-state index contributed by atoms with van der Waals surface area (Å²) in [7, 11) is 0. The van der Waals surface area contributed by atoms with Gasteiger partial charge in [0.25, 0.3) is 0 Å². The van der Waals surface area contributed by atoms with Gasteiger partial charge in [0.2, 0.25) is 0 Å². The van der Waals surface area contributed by atoms with Gasteiger partial charge in [-0.05, 0) is 84.8 Å². The maximum absolute atomic E-state index is 16.9. The number of rotatable bonds is 6. The van der Waals surface area contributed by atoms with Gasteiger partial charge in [0.1, 0.15) is 35.7 Å². The number of hydrogen-bond donors (Lipinski definition) is 1. The van der Waals surface area contributed by atoms with Gasteiger partial charge in [-0.2, -0.15) is 9.97 Å². The van der Waals surface area contributed by atoms with Crippen molar-refractivity contribution in [1.82, 2.24) is 14.9 Å². The Bertz CT molecular complexity index is 1820. The summed E-state index contributed by atoms with van der Waals surface area (Å²) in [5, 5.41) is 12.3. The molecule has 1 spiro atoms. The number of fused-ring (bicyclic) bond motifs is 3. The number of anilines is 1. The average molecular weight is 619 g/mol. The lowest BCUT2D eigenvalue weighted by Gasteiger charge is -2.48. The third kappa shape index (κ3) is 4.71. The van der Waals surface area contributed by atoms with Crippen LogP contribution in [0, 0.1) is 11.6 Å². The number of hydrogen-bond acceptors (Lipinski definition) is 7. The molecule has 3 aromatic carbocycles.